The van der Waals surface area contributed by atoms with E-state index in [-0.39, 0.29) is 11.3 Å². The molecule has 9 aromatic rings. The fourth-order valence-corrected chi connectivity index (χ4v) is 11.0. The van der Waals surface area contributed by atoms with Crippen molar-refractivity contribution in [3.05, 3.63) is 238 Å². The van der Waals surface area contributed by atoms with E-state index in [9.17, 15) is 0 Å². The predicted octanol–water partition coefficient (Wildman–Crippen LogP) is 14.8. The van der Waals surface area contributed by atoms with E-state index >= 15 is 0 Å². The number of rotatable bonds is 5. The lowest BCUT2D eigenvalue weighted by atomic mass is 9.77. The van der Waals surface area contributed by atoms with Crippen LogP contribution < -0.4 is 0 Å². The zero-order valence-corrected chi connectivity index (χ0v) is 32.9. The lowest BCUT2D eigenvalue weighted by Crippen LogP contribution is -2.16. The van der Waals surface area contributed by atoms with Crippen molar-refractivity contribution in [1.82, 2.24) is 0 Å². The van der Waals surface area contributed by atoms with Gasteiger partial charge in [-0.05, 0) is 135 Å². The van der Waals surface area contributed by atoms with Crippen LogP contribution in [0.5, 0.6) is 0 Å². The highest BCUT2D eigenvalue weighted by molar-refractivity contribution is 6.06. The molecule has 0 N–H and O–H groups in total. The Morgan fingerprint density at radius 3 is 1.91 bits per heavy atom. The first-order valence-corrected chi connectivity index (χ1v) is 20.8. The zero-order chi connectivity index (χ0) is 38.5. The van der Waals surface area contributed by atoms with E-state index in [2.05, 4.69) is 202 Å². The minimum Gasteiger partial charge on any atom is -0.0622 e. The lowest BCUT2D eigenvalue weighted by Gasteiger charge is -2.26. The minimum absolute atomic E-state index is 0.0425. The van der Waals surface area contributed by atoms with E-state index in [1.165, 1.54) is 116 Å². The summed E-state index contributed by atoms with van der Waals surface area (Å²) in [5, 5.41) is 2.64. The maximum Gasteiger partial charge on any atom is 0.0346 e. The Morgan fingerprint density at radius 2 is 1.03 bits per heavy atom. The standard InChI is InChI=1S/C58H42/c1-58(2)53-25-11-10-21-46(53)47-31-30-42(35-54(47)58)55(38-28-26-37(27-29-38)36-14-4-3-5-15-36)49-24-12-18-41-34-52-51(56(41)49)33-40-17-7-9-20-44(40)57(52)48-23-13-22-45-43-19-8-6-16-39(43)32-50(45)48/h3-31,33,35,55H,32,34H2,1-2H3. The molecule has 0 radical (unpaired) electrons. The van der Waals surface area contributed by atoms with Crippen LogP contribution in [0.25, 0.3) is 66.4 Å². The molecule has 12 rings (SSSR count). The fourth-order valence-electron chi connectivity index (χ4n) is 11.0. The Bertz CT molecular complexity index is 3120. The third-order valence-corrected chi connectivity index (χ3v) is 13.7. The molecular weight excluding hydrogens is 697 g/mol. The highest BCUT2D eigenvalue weighted by Gasteiger charge is 2.37. The van der Waals surface area contributed by atoms with Gasteiger partial charge in [0.2, 0.25) is 0 Å². The van der Waals surface area contributed by atoms with Gasteiger partial charge in [-0.2, -0.15) is 0 Å². The van der Waals surface area contributed by atoms with Crippen molar-refractivity contribution in [3.8, 4) is 55.6 Å². The molecule has 58 heavy (non-hydrogen) atoms. The Hall–Kier alpha value is -6.76. The maximum atomic E-state index is 2.54. The molecule has 0 heterocycles. The van der Waals surface area contributed by atoms with Crippen molar-refractivity contribution in [1.29, 1.82) is 0 Å². The highest BCUT2D eigenvalue weighted by atomic mass is 14.4. The third kappa shape index (κ3) is 4.88. The van der Waals surface area contributed by atoms with Crippen LogP contribution in [0.1, 0.15) is 69.8 Å². The summed E-state index contributed by atoms with van der Waals surface area (Å²) in [6.45, 7) is 4.79. The fraction of sp³-hybridized carbons (Fsp3) is 0.103. The van der Waals surface area contributed by atoms with Gasteiger partial charge in [0.1, 0.15) is 0 Å². The summed E-state index contributed by atoms with van der Waals surface area (Å²) in [4.78, 5) is 0. The van der Waals surface area contributed by atoms with E-state index in [0.717, 1.165) is 12.8 Å². The van der Waals surface area contributed by atoms with Gasteiger partial charge in [-0.25, -0.2) is 0 Å². The monoisotopic (exact) mass is 738 g/mol. The molecule has 0 heteroatoms. The van der Waals surface area contributed by atoms with Crippen LogP contribution in [0.15, 0.2) is 188 Å². The van der Waals surface area contributed by atoms with Crippen LogP contribution in [0.2, 0.25) is 0 Å². The summed E-state index contributed by atoms with van der Waals surface area (Å²) < 4.78 is 0. The van der Waals surface area contributed by atoms with Crippen molar-refractivity contribution in [3.63, 3.8) is 0 Å². The molecule has 0 aromatic heterocycles. The van der Waals surface area contributed by atoms with Gasteiger partial charge in [0.15, 0.2) is 0 Å². The summed E-state index contributed by atoms with van der Waals surface area (Å²) in [5.41, 5.74) is 26.1. The summed E-state index contributed by atoms with van der Waals surface area (Å²) in [6.07, 6.45) is 1.89. The molecule has 1 unspecified atom stereocenters. The Kier molecular flexibility index (Phi) is 7.27. The molecular formula is C58H42. The SMILES string of the molecule is CC1(C)c2ccccc2-c2ccc(C(c3ccc(-c4ccccc4)cc3)c3cccc4c3-c3cc5ccccc5c(-c5cccc6c5Cc5ccccc5-6)c3C4)cc21. The number of fused-ring (bicyclic) bond motifs is 10. The van der Waals surface area contributed by atoms with Gasteiger partial charge in [-0.15, -0.1) is 0 Å². The molecule has 0 amide bonds. The van der Waals surface area contributed by atoms with Gasteiger partial charge >= 0.3 is 0 Å². The van der Waals surface area contributed by atoms with E-state index in [1.54, 1.807) is 0 Å². The lowest BCUT2D eigenvalue weighted by molar-refractivity contribution is 0.659. The number of benzene rings is 9. The van der Waals surface area contributed by atoms with Gasteiger partial charge in [0, 0.05) is 11.3 Å². The van der Waals surface area contributed by atoms with Crippen LogP contribution in [0.3, 0.4) is 0 Å². The molecule has 3 aliphatic rings. The van der Waals surface area contributed by atoms with Gasteiger partial charge in [-0.1, -0.05) is 196 Å². The quantitative estimate of drug-likeness (QED) is 0.154. The Labute approximate surface area is 341 Å². The average Bonchev–Trinajstić information content (AvgIpc) is 3.91. The Morgan fingerprint density at radius 1 is 0.397 bits per heavy atom. The summed E-state index contributed by atoms with van der Waals surface area (Å²) in [7, 11) is 0. The van der Waals surface area contributed by atoms with Crippen LogP contribution >= 0.6 is 0 Å². The van der Waals surface area contributed by atoms with Gasteiger partial charge in [-0.3, -0.25) is 0 Å². The summed E-state index contributed by atoms with van der Waals surface area (Å²) >= 11 is 0. The average molecular weight is 739 g/mol. The first kappa shape index (κ1) is 33.4. The first-order chi connectivity index (χ1) is 28.5. The second-order valence-electron chi connectivity index (χ2n) is 17.1. The van der Waals surface area contributed by atoms with Crippen molar-refractivity contribution in [2.75, 3.05) is 0 Å². The van der Waals surface area contributed by atoms with Crippen LogP contribution in [-0.2, 0) is 18.3 Å². The topological polar surface area (TPSA) is 0 Å². The highest BCUT2D eigenvalue weighted by Crippen LogP contribution is 2.54. The molecule has 0 bridgehead atoms. The van der Waals surface area contributed by atoms with Crippen LogP contribution in [-0.4, -0.2) is 0 Å². The van der Waals surface area contributed by atoms with Crippen LogP contribution in [0.4, 0.5) is 0 Å². The van der Waals surface area contributed by atoms with Crippen molar-refractivity contribution >= 4 is 10.8 Å². The third-order valence-electron chi connectivity index (χ3n) is 13.7. The maximum absolute atomic E-state index is 2.54. The molecule has 0 saturated heterocycles. The molecule has 274 valence electrons. The molecule has 0 nitrogen and oxygen atoms in total. The minimum atomic E-state index is -0.0850. The van der Waals surface area contributed by atoms with Gasteiger partial charge in [0.25, 0.3) is 0 Å². The molecule has 0 fully saturated rings. The van der Waals surface area contributed by atoms with E-state index in [1.807, 2.05) is 0 Å². The largest absolute Gasteiger partial charge is 0.0622 e. The van der Waals surface area contributed by atoms with Crippen LogP contribution in [0, 0.1) is 0 Å². The van der Waals surface area contributed by atoms with E-state index in [4.69, 9.17) is 0 Å². The summed E-state index contributed by atoms with van der Waals surface area (Å²) in [6, 6.07) is 71.2. The second-order valence-corrected chi connectivity index (χ2v) is 17.1. The van der Waals surface area contributed by atoms with Gasteiger partial charge < -0.3 is 0 Å². The summed E-state index contributed by atoms with van der Waals surface area (Å²) in [5.74, 6) is 0.0425. The van der Waals surface area contributed by atoms with Crippen molar-refractivity contribution in [2.45, 2.75) is 38.0 Å². The number of hydrogen-bond acceptors (Lipinski definition) is 0. The molecule has 0 spiro atoms. The molecule has 1 atom stereocenters. The van der Waals surface area contributed by atoms with E-state index < -0.39 is 0 Å². The van der Waals surface area contributed by atoms with Gasteiger partial charge in [0.05, 0.1) is 0 Å². The molecule has 9 aromatic carbocycles. The molecule has 0 saturated carbocycles. The Balaban J connectivity index is 1.08. The smallest absolute Gasteiger partial charge is 0.0346 e. The predicted molar refractivity (Wildman–Crippen MR) is 243 cm³/mol. The first-order valence-electron chi connectivity index (χ1n) is 20.8. The molecule has 3 aliphatic carbocycles. The van der Waals surface area contributed by atoms with Crippen molar-refractivity contribution < 1.29 is 0 Å². The number of hydrogen-bond donors (Lipinski definition) is 0. The molecule has 0 aliphatic heterocycles. The normalized spacial score (nSPS) is 14.3. The zero-order valence-electron chi connectivity index (χ0n) is 32.9. The van der Waals surface area contributed by atoms with Crippen molar-refractivity contribution in [2.24, 2.45) is 0 Å². The van der Waals surface area contributed by atoms with E-state index in [0.29, 0.717) is 0 Å². The second kappa shape index (κ2) is 12.6.